The Morgan fingerprint density at radius 2 is 1.95 bits per heavy atom. The lowest BCUT2D eigenvalue weighted by atomic mass is 10.1. The summed E-state index contributed by atoms with van der Waals surface area (Å²) >= 11 is 0. The first kappa shape index (κ1) is 13.1. The van der Waals surface area contributed by atoms with Crippen LogP contribution in [-0.2, 0) is 0 Å². The highest BCUT2D eigenvalue weighted by molar-refractivity contribution is 6.04. The van der Waals surface area contributed by atoms with E-state index in [0.29, 0.717) is 11.3 Å². The number of H-pyrrole nitrogens is 1. The van der Waals surface area contributed by atoms with Gasteiger partial charge in [0.1, 0.15) is 11.4 Å². The molecule has 1 amide bonds. The van der Waals surface area contributed by atoms with Crippen molar-refractivity contribution in [3.63, 3.8) is 0 Å². The van der Waals surface area contributed by atoms with E-state index in [-0.39, 0.29) is 11.5 Å². The molecule has 0 aliphatic rings. The Kier molecular flexibility index (Phi) is 3.55. The van der Waals surface area contributed by atoms with Gasteiger partial charge in [-0.2, -0.15) is 5.10 Å². The Labute approximate surface area is 112 Å². The largest absolute Gasteiger partial charge is 0.488 e. The van der Waals surface area contributed by atoms with E-state index >= 15 is 0 Å². The standard InChI is InChI=1S/C14H17N3O2/c1-14(2,3)19-12-6-4-10(5-7-12)13(18)17-11-8-15-16-9-11/h4-9H,1-3H3,(H,15,16)(H,17,18). The van der Waals surface area contributed by atoms with Gasteiger partial charge in [0.05, 0.1) is 11.9 Å². The number of carbonyl (C=O) groups excluding carboxylic acids is 1. The van der Waals surface area contributed by atoms with Crippen molar-refractivity contribution in [3.8, 4) is 5.75 Å². The van der Waals surface area contributed by atoms with Gasteiger partial charge >= 0.3 is 0 Å². The van der Waals surface area contributed by atoms with Crippen molar-refractivity contribution in [2.24, 2.45) is 0 Å². The molecule has 0 saturated heterocycles. The summed E-state index contributed by atoms with van der Waals surface area (Å²) in [6, 6.07) is 7.04. The highest BCUT2D eigenvalue weighted by Gasteiger charge is 2.12. The first-order valence-electron chi connectivity index (χ1n) is 6.03. The molecule has 0 radical (unpaired) electrons. The summed E-state index contributed by atoms with van der Waals surface area (Å²) in [5.74, 6) is 0.566. The van der Waals surface area contributed by atoms with Gasteiger partial charge < -0.3 is 10.1 Å². The second kappa shape index (κ2) is 5.14. The molecule has 2 aromatic rings. The average Bonchev–Trinajstić information content (AvgIpc) is 2.80. The van der Waals surface area contributed by atoms with Crippen LogP contribution < -0.4 is 10.1 Å². The SMILES string of the molecule is CC(C)(C)Oc1ccc(C(=O)Nc2cn[nH]c2)cc1. The summed E-state index contributed by atoms with van der Waals surface area (Å²) in [5.41, 5.74) is 0.961. The van der Waals surface area contributed by atoms with Crippen LogP contribution in [0.15, 0.2) is 36.7 Å². The molecule has 0 aliphatic heterocycles. The van der Waals surface area contributed by atoms with Gasteiger partial charge in [0.25, 0.3) is 5.91 Å². The second-order valence-corrected chi connectivity index (χ2v) is 5.18. The van der Waals surface area contributed by atoms with Gasteiger partial charge in [0.2, 0.25) is 0 Å². The van der Waals surface area contributed by atoms with Gasteiger partial charge in [-0.05, 0) is 45.0 Å². The van der Waals surface area contributed by atoms with Crippen LogP contribution in [0.4, 0.5) is 5.69 Å². The van der Waals surface area contributed by atoms with Crippen molar-refractivity contribution in [1.82, 2.24) is 10.2 Å². The number of hydrogen-bond acceptors (Lipinski definition) is 3. The van der Waals surface area contributed by atoms with Crippen molar-refractivity contribution < 1.29 is 9.53 Å². The molecule has 2 N–H and O–H groups in total. The molecule has 1 heterocycles. The number of nitrogens with zero attached hydrogens (tertiary/aromatic N) is 1. The molecule has 5 nitrogen and oxygen atoms in total. The molecule has 0 spiro atoms. The molecule has 0 fully saturated rings. The van der Waals surface area contributed by atoms with E-state index in [9.17, 15) is 4.79 Å². The average molecular weight is 259 g/mol. The molecule has 19 heavy (non-hydrogen) atoms. The topological polar surface area (TPSA) is 67.0 Å². The quantitative estimate of drug-likeness (QED) is 0.890. The summed E-state index contributed by atoms with van der Waals surface area (Å²) in [5, 5.41) is 9.13. The molecule has 0 saturated carbocycles. The molecule has 0 aliphatic carbocycles. The van der Waals surface area contributed by atoms with Crippen LogP contribution in [0.1, 0.15) is 31.1 Å². The Bertz CT molecular complexity index is 539. The van der Waals surface area contributed by atoms with Crippen LogP contribution in [0.25, 0.3) is 0 Å². The fourth-order valence-corrected chi connectivity index (χ4v) is 1.55. The zero-order chi connectivity index (χ0) is 13.9. The fourth-order valence-electron chi connectivity index (χ4n) is 1.55. The van der Waals surface area contributed by atoms with Crippen molar-refractivity contribution in [2.75, 3.05) is 5.32 Å². The number of hydrogen-bond donors (Lipinski definition) is 2. The van der Waals surface area contributed by atoms with Gasteiger partial charge in [0, 0.05) is 11.8 Å². The van der Waals surface area contributed by atoms with E-state index in [1.807, 2.05) is 20.8 Å². The van der Waals surface area contributed by atoms with E-state index in [2.05, 4.69) is 15.5 Å². The number of rotatable bonds is 3. The lowest BCUT2D eigenvalue weighted by Crippen LogP contribution is -2.23. The molecule has 1 aromatic carbocycles. The third-order valence-corrected chi connectivity index (χ3v) is 2.30. The minimum Gasteiger partial charge on any atom is -0.488 e. The summed E-state index contributed by atoms with van der Waals surface area (Å²) in [6.45, 7) is 5.94. The van der Waals surface area contributed by atoms with E-state index < -0.39 is 0 Å². The van der Waals surface area contributed by atoms with E-state index in [0.717, 1.165) is 5.75 Å². The zero-order valence-corrected chi connectivity index (χ0v) is 11.2. The maximum Gasteiger partial charge on any atom is 0.255 e. The van der Waals surface area contributed by atoms with Crippen LogP contribution in [0.3, 0.4) is 0 Å². The first-order valence-corrected chi connectivity index (χ1v) is 6.03. The minimum absolute atomic E-state index is 0.177. The number of anilines is 1. The number of carbonyl (C=O) groups is 1. The minimum atomic E-state index is -0.249. The van der Waals surface area contributed by atoms with Crippen molar-refractivity contribution in [3.05, 3.63) is 42.2 Å². The third kappa shape index (κ3) is 3.84. The molecule has 100 valence electrons. The summed E-state index contributed by atoms with van der Waals surface area (Å²) in [6.07, 6.45) is 3.17. The molecule has 1 aromatic heterocycles. The predicted molar refractivity (Wildman–Crippen MR) is 73.4 cm³/mol. The Morgan fingerprint density at radius 3 is 2.47 bits per heavy atom. The number of ether oxygens (including phenoxy) is 1. The molecule has 2 rings (SSSR count). The summed E-state index contributed by atoms with van der Waals surface area (Å²) in [7, 11) is 0. The highest BCUT2D eigenvalue weighted by Crippen LogP contribution is 2.19. The molecule has 0 bridgehead atoms. The van der Waals surface area contributed by atoms with Gasteiger partial charge in [-0.15, -0.1) is 0 Å². The Hall–Kier alpha value is -2.30. The zero-order valence-electron chi connectivity index (χ0n) is 11.2. The smallest absolute Gasteiger partial charge is 0.255 e. The van der Waals surface area contributed by atoms with Crippen LogP contribution in [-0.4, -0.2) is 21.7 Å². The maximum absolute atomic E-state index is 11.9. The lowest BCUT2D eigenvalue weighted by Gasteiger charge is -2.21. The molecular formula is C14H17N3O2. The number of aromatic amines is 1. The monoisotopic (exact) mass is 259 g/mol. The molecule has 0 atom stereocenters. The number of benzene rings is 1. The Morgan fingerprint density at radius 1 is 1.26 bits per heavy atom. The molecule has 5 heteroatoms. The summed E-state index contributed by atoms with van der Waals surface area (Å²) in [4.78, 5) is 11.9. The molecule has 0 unspecified atom stereocenters. The van der Waals surface area contributed by atoms with E-state index in [1.54, 1.807) is 36.7 Å². The van der Waals surface area contributed by atoms with Crippen LogP contribution in [0.5, 0.6) is 5.75 Å². The first-order chi connectivity index (χ1) is 8.94. The van der Waals surface area contributed by atoms with Crippen LogP contribution in [0, 0.1) is 0 Å². The van der Waals surface area contributed by atoms with Crippen molar-refractivity contribution in [1.29, 1.82) is 0 Å². The fraction of sp³-hybridized carbons (Fsp3) is 0.286. The van der Waals surface area contributed by atoms with Gasteiger partial charge in [0.15, 0.2) is 0 Å². The predicted octanol–water partition coefficient (Wildman–Crippen LogP) is 2.84. The Balaban J connectivity index is 2.04. The van der Waals surface area contributed by atoms with Crippen LogP contribution >= 0.6 is 0 Å². The van der Waals surface area contributed by atoms with Gasteiger partial charge in [-0.25, -0.2) is 0 Å². The van der Waals surface area contributed by atoms with Gasteiger partial charge in [-0.1, -0.05) is 0 Å². The van der Waals surface area contributed by atoms with E-state index in [4.69, 9.17) is 4.74 Å². The maximum atomic E-state index is 11.9. The van der Waals surface area contributed by atoms with Crippen molar-refractivity contribution in [2.45, 2.75) is 26.4 Å². The normalized spacial score (nSPS) is 11.1. The van der Waals surface area contributed by atoms with Gasteiger partial charge in [-0.3, -0.25) is 9.89 Å². The second-order valence-electron chi connectivity index (χ2n) is 5.18. The molecular weight excluding hydrogens is 242 g/mol. The van der Waals surface area contributed by atoms with Crippen LogP contribution in [0.2, 0.25) is 0 Å². The lowest BCUT2D eigenvalue weighted by molar-refractivity contribution is 0.102. The third-order valence-electron chi connectivity index (χ3n) is 2.30. The van der Waals surface area contributed by atoms with E-state index in [1.165, 1.54) is 0 Å². The number of aromatic nitrogens is 2. The number of nitrogens with one attached hydrogen (secondary N) is 2. The van der Waals surface area contributed by atoms with Crippen molar-refractivity contribution >= 4 is 11.6 Å². The number of amides is 1. The summed E-state index contributed by atoms with van der Waals surface area (Å²) < 4.78 is 5.70. The highest BCUT2D eigenvalue weighted by atomic mass is 16.5.